The van der Waals surface area contributed by atoms with Gasteiger partial charge in [-0.3, -0.25) is 4.98 Å². The van der Waals surface area contributed by atoms with E-state index in [9.17, 15) is 5.11 Å². The summed E-state index contributed by atoms with van der Waals surface area (Å²) in [7, 11) is 0. The Kier molecular flexibility index (Phi) is 2.64. The summed E-state index contributed by atoms with van der Waals surface area (Å²) in [5.41, 5.74) is 6.77. The largest absolute Gasteiger partial charge is 0.506 e. The monoisotopic (exact) mass is 216 g/mol. The molecule has 0 radical (unpaired) electrons. The minimum atomic E-state index is 0.0169. The average molecular weight is 216 g/mol. The summed E-state index contributed by atoms with van der Waals surface area (Å²) in [6.45, 7) is 1.87. The van der Waals surface area contributed by atoms with Crippen molar-refractivity contribution in [1.29, 1.82) is 0 Å². The predicted octanol–water partition coefficient (Wildman–Crippen LogP) is 2.47. The second kappa shape index (κ2) is 4.10. The fourth-order valence-electron chi connectivity index (χ4n) is 1.33. The molecule has 16 heavy (non-hydrogen) atoms. The number of nitrogens with two attached hydrogens (primary N) is 1. The Bertz CT molecular complexity index is 512. The fourth-order valence-corrected chi connectivity index (χ4v) is 1.33. The lowest BCUT2D eigenvalue weighted by molar-refractivity contribution is 0.459. The molecule has 0 saturated carbocycles. The first-order valence-electron chi connectivity index (χ1n) is 4.85. The summed E-state index contributed by atoms with van der Waals surface area (Å²) in [6, 6.07) is 8.42. The molecule has 1 heterocycles. The molecule has 0 bridgehead atoms. The third kappa shape index (κ3) is 2.06. The molecule has 82 valence electrons. The third-order valence-corrected chi connectivity index (χ3v) is 2.14. The number of para-hydroxylation sites is 1. The van der Waals surface area contributed by atoms with E-state index in [1.165, 1.54) is 6.07 Å². The SMILES string of the molecule is Cc1cc(Oc2cccc(O)c2N)ccn1. The lowest BCUT2D eigenvalue weighted by Crippen LogP contribution is -1.93. The Balaban J connectivity index is 2.31. The molecule has 0 fully saturated rings. The van der Waals surface area contributed by atoms with Gasteiger partial charge in [0.25, 0.3) is 0 Å². The van der Waals surface area contributed by atoms with Gasteiger partial charge < -0.3 is 15.6 Å². The summed E-state index contributed by atoms with van der Waals surface area (Å²) in [4.78, 5) is 4.06. The van der Waals surface area contributed by atoms with Crippen LogP contribution < -0.4 is 10.5 Å². The van der Waals surface area contributed by atoms with Crippen molar-refractivity contribution in [2.75, 3.05) is 5.73 Å². The van der Waals surface area contributed by atoms with Crippen LogP contribution in [0.4, 0.5) is 5.69 Å². The number of phenolic OH excluding ortho intramolecular Hbond substituents is 1. The van der Waals surface area contributed by atoms with E-state index in [0.29, 0.717) is 11.5 Å². The van der Waals surface area contributed by atoms with Crippen molar-refractivity contribution in [3.05, 3.63) is 42.2 Å². The lowest BCUT2D eigenvalue weighted by atomic mass is 10.2. The molecule has 1 aromatic heterocycles. The van der Waals surface area contributed by atoms with E-state index in [1.54, 1.807) is 30.5 Å². The van der Waals surface area contributed by atoms with Crippen molar-refractivity contribution >= 4 is 5.69 Å². The van der Waals surface area contributed by atoms with Crippen molar-refractivity contribution in [2.24, 2.45) is 0 Å². The van der Waals surface area contributed by atoms with Crippen LogP contribution in [0.1, 0.15) is 5.69 Å². The topological polar surface area (TPSA) is 68.4 Å². The van der Waals surface area contributed by atoms with Gasteiger partial charge in [0.05, 0.1) is 0 Å². The van der Waals surface area contributed by atoms with E-state index in [1.807, 2.05) is 6.92 Å². The van der Waals surface area contributed by atoms with Crippen molar-refractivity contribution in [1.82, 2.24) is 4.98 Å². The maximum absolute atomic E-state index is 9.42. The zero-order valence-electron chi connectivity index (χ0n) is 8.84. The number of phenols is 1. The van der Waals surface area contributed by atoms with Gasteiger partial charge in [-0.2, -0.15) is 0 Å². The molecule has 4 heteroatoms. The molecule has 3 N–H and O–H groups in total. The Morgan fingerprint density at radius 3 is 2.88 bits per heavy atom. The van der Waals surface area contributed by atoms with Crippen LogP contribution in [-0.2, 0) is 0 Å². The van der Waals surface area contributed by atoms with Crippen molar-refractivity contribution in [2.45, 2.75) is 6.92 Å². The predicted molar refractivity (Wildman–Crippen MR) is 61.6 cm³/mol. The minimum Gasteiger partial charge on any atom is -0.506 e. The van der Waals surface area contributed by atoms with Gasteiger partial charge in [-0.1, -0.05) is 6.07 Å². The van der Waals surface area contributed by atoms with Crippen LogP contribution in [0, 0.1) is 6.92 Å². The fraction of sp³-hybridized carbons (Fsp3) is 0.0833. The Morgan fingerprint density at radius 1 is 1.31 bits per heavy atom. The molecule has 0 amide bonds. The second-order valence-corrected chi connectivity index (χ2v) is 3.42. The average Bonchev–Trinajstić information content (AvgIpc) is 2.25. The van der Waals surface area contributed by atoms with Crippen LogP contribution in [0.2, 0.25) is 0 Å². The summed E-state index contributed by atoms with van der Waals surface area (Å²) >= 11 is 0. The highest BCUT2D eigenvalue weighted by atomic mass is 16.5. The van der Waals surface area contributed by atoms with Gasteiger partial charge >= 0.3 is 0 Å². The molecule has 0 unspecified atom stereocenters. The van der Waals surface area contributed by atoms with Gasteiger partial charge in [0.1, 0.15) is 17.2 Å². The smallest absolute Gasteiger partial charge is 0.154 e. The molecule has 1 aromatic carbocycles. The number of hydrogen-bond donors (Lipinski definition) is 2. The molecule has 2 aromatic rings. The minimum absolute atomic E-state index is 0.0169. The molecule has 2 rings (SSSR count). The number of hydrogen-bond acceptors (Lipinski definition) is 4. The number of aromatic hydroxyl groups is 1. The van der Waals surface area contributed by atoms with Crippen molar-refractivity contribution in [3.8, 4) is 17.2 Å². The number of nitrogens with zero attached hydrogens (tertiary/aromatic N) is 1. The number of pyridine rings is 1. The van der Waals surface area contributed by atoms with Gasteiger partial charge in [-0.05, 0) is 25.1 Å². The Hall–Kier alpha value is -2.23. The van der Waals surface area contributed by atoms with Crippen LogP contribution in [0.3, 0.4) is 0 Å². The summed E-state index contributed by atoms with van der Waals surface area (Å²) < 4.78 is 5.55. The van der Waals surface area contributed by atoms with E-state index in [2.05, 4.69) is 4.98 Å². The molecule has 0 aliphatic heterocycles. The first kappa shape index (κ1) is 10.3. The first-order chi connectivity index (χ1) is 7.66. The standard InChI is InChI=1S/C12H12N2O2/c1-8-7-9(5-6-14-8)16-11-4-2-3-10(15)12(11)13/h2-7,15H,13H2,1H3. The van der Waals surface area contributed by atoms with Gasteiger partial charge in [-0.15, -0.1) is 0 Å². The highest BCUT2D eigenvalue weighted by Gasteiger charge is 2.05. The highest BCUT2D eigenvalue weighted by molar-refractivity contribution is 5.62. The number of rotatable bonds is 2. The van der Waals surface area contributed by atoms with Gasteiger partial charge in [-0.25, -0.2) is 0 Å². The number of benzene rings is 1. The van der Waals surface area contributed by atoms with Crippen molar-refractivity contribution < 1.29 is 9.84 Å². The lowest BCUT2D eigenvalue weighted by Gasteiger charge is -2.09. The van der Waals surface area contributed by atoms with E-state index in [0.717, 1.165) is 5.69 Å². The van der Waals surface area contributed by atoms with Crippen LogP contribution in [0.15, 0.2) is 36.5 Å². The molecule has 0 aliphatic carbocycles. The van der Waals surface area contributed by atoms with Crippen LogP contribution in [0.5, 0.6) is 17.2 Å². The normalized spacial score (nSPS) is 10.1. The van der Waals surface area contributed by atoms with Crippen molar-refractivity contribution in [3.63, 3.8) is 0 Å². The van der Waals surface area contributed by atoms with Crippen LogP contribution >= 0.6 is 0 Å². The number of anilines is 1. The van der Waals surface area contributed by atoms with Gasteiger partial charge in [0, 0.05) is 18.0 Å². The molecular formula is C12H12N2O2. The zero-order valence-corrected chi connectivity index (χ0v) is 8.84. The number of nitrogen functional groups attached to an aromatic ring is 1. The Labute approximate surface area is 93.3 Å². The van der Waals surface area contributed by atoms with E-state index in [-0.39, 0.29) is 11.4 Å². The third-order valence-electron chi connectivity index (χ3n) is 2.14. The van der Waals surface area contributed by atoms with E-state index < -0.39 is 0 Å². The summed E-state index contributed by atoms with van der Waals surface area (Å²) in [5.74, 6) is 1.10. The molecule has 0 atom stereocenters. The quantitative estimate of drug-likeness (QED) is 0.597. The number of aryl methyl sites for hydroxylation is 1. The molecule has 0 spiro atoms. The van der Waals surface area contributed by atoms with Gasteiger partial charge in [0.2, 0.25) is 0 Å². The summed E-state index contributed by atoms with van der Waals surface area (Å²) in [5, 5.41) is 9.42. The zero-order chi connectivity index (χ0) is 11.5. The number of ether oxygens (including phenoxy) is 1. The second-order valence-electron chi connectivity index (χ2n) is 3.42. The summed E-state index contributed by atoms with van der Waals surface area (Å²) in [6.07, 6.45) is 1.66. The first-order valence-corrected chi connectivity index (χ1v) is 4.85. The van der Waals surface area contributed by atoms with E-state index >= 15 is 0 Å². The maximum Gasteiger partial charge on any atom is 0.154 e. The highest BCUT2D eigenvalue weighted by Crippen LogP contribution is 2.33. The van der Waals surface area contributed by atoms with Crippen LogP contribution in [0.25, 0.3) is 0 Å². The molecular weight excluding hydrogens is 204 g/mol. The Morgan fingerprint density at radius 2 is 2.12 bits per heavy atom. The molecule has 4 nitrogen and oxygen atoms in total. The number of aromatic nitrogens is 1. The molecule has 0 saturated heterocycles. The van der Waals surface area contributed by atoms with Gasteiger partial charge in [0.15, 0.2) is 5.75 Å². The van der Waals surface area contributed by atoms with E-state index in [4.69, 9.17) is 10.5 Å². The maximum atomic E-state index is 9.42. The molecule has 0 aliphatic rings. The van der Waals surface area contributed by atoms with Crippen LogP contribution in [-0.4, -0.2) is 10.1 Å².